The van der Waals surface area contributed by atoms with Gasteiger partial charge in [-0.3, -0.25) is 4.79 Å². The van der Waals surface area contributed by atoms with Crippen molar-refractivity contribution >= 4 is 17.5 Å². The number of pyridine rings is 1. The quantitative estimate of drug-likeness (QED) is 0.663. The molecule has 0 saturated carbocycles. The molecule has 0 fully saturated rings. The fourth-order valence-corrected chi connectivity index (χ4v) is 0.998. The summed E-state index contributed by atoms with van der Waals surface area (Å²) in [4.78, 5) is 14.3. The summed E-state index contributed by atoms with van der Waals surface area (Å²) < 4.78 is 0. The zero-order chi connectivity index (χ0) is 10.6. The fraction of sp³-hybridized carbons (Fsp3) is 0.333. The van der Waals surface area contributed by atoms with Gasteiger partial charge in [-0.15, -0.1) is 0 Å². The first kappa shape index (κ1) is 10.3. The number of aliphatic carboxylic acids is 1. The van der Waals surface area contributed by atoms with Gasteiger partial charge in [-0.1, -0.05) is 0 Å². The summed E-state index contributed by atoms with van der Waals surface area (Å²) in [5.41, 5.74) is 7.22. The first-order valence-electron chi connectivity index (χ1n) is 4.28. The zero-order valence-corrected chi connectivity index (χ0v) is 7.95. The number of carboxylic acid groups (broad SMARTS) is 1. The Morgan fingerprint density at radius 1 is 1.71 bits per heavy atom. The molecule has 4 N–H and O–H groups in total. The van der Waals surface area contributed by atoms with Crippen LogP contribution in [-0.4, -0.2) is 22.6 Å². The number of hydrogen-bond acceptors (Lipinski definition) is 4. The number of carbonyl (C=O) groups is 1. The minimum Gasteiger partial charge on any atom is -0.481 e. The SMILES string of the molecule is Cc1ccnc(NCCC(=O)O)c1N. The van der Waals surface area contributed by atoms with E-state index in [-0.39, 0.29) is 6.42 Å². The molecule has 0 bridgehead atoms. The Morgan fingerprint density at radius 3 is 3.07 bits per heavy atom. The van der Waals surface area contributed by atoms with Gasteiger partial charge in [0.05, 0.1) is 12.1 Å². The maximum Gasteiger partial charge on any atom is 0.305 e. The molecular weight excluding hydrogens is 182 g/mol. The maximum atomic E-state index is 10.2. The Labute approximate surface area is 82.0 Å². The Kier molecular flexibility index (Phi) is 3.28. The van der Waals surface area contributed by atoms with Gasteiger partial charge in [0.2, 0.25) is 0 Å². The minimum absolute atomic E-state index is 0.0507. The van der Waals surface area contributed by atoms with Crippen LogP contribution in [-0.2, 0) is 4.79 Å². The van der Waals surface area contributed by atoms with E-state index in [1.165, 1.54) is 0 Å². The predicted molar refractivity (Wildman–Crippen MR) is 54.1 cm³/mol. The summed E-state index contributed by atoms with van der Waals surface area (Å²) >= 11 is 0. The number of nitrogens with zero attached hydrogens (tertiary/aromatic N) is 1. The van der Waals surface area contributed by atoms with E-state index in [0.29, 0.717) is 18.1 Å². The van der Waals surface area contributed by atoms with E-state index in [0.717, 1.165) is 5.56 Å². The second-order valence-corrected chi connectivity index (χ2v) is 2.96. The number of hydrogen-bond donors (Lipinski definition) is 3. The van der Waals surface area contributed by atoms with Crippen LogP contribution in [0.25, 0.3) is 0 Å². The van der Waals surface area contributed by atoms with Gasteiger partial charge in [-0.2, -0.15) is 0 Å². The van der Waals surface area contributed by atoms with Gasteiger partial charge in [0.1, 0.15) is 5.82 Å². The number of carboxylic acids is 1. The smallest absolute Gasteiger partial charge is 0.305 e. The first-order valence-corrected chi connectivity index (χ1v) is 4.28. The van der Waals surface area contributed by atoms with Crippen molar-refractivity contribution in [3.8, 4) is 0 Å². The van der Waals surface area contributed by atoms with E-state index < -0.39 is 5.97 Å². The number of aryl methyl sites for hydroxylation is 1. The van der Waals surface area contributed by atoms with E-state index in [2.05, 4.69) is 10.3 Å². The van der Waals surface area contributed by atoms with Crippen molar-refractivity contribution in [2.75, 3.05) is 17.6 Å². The highest BCUT2D eigenvalue weighted by atomic mass is 16.4. The number of nitrogen functional groups attached to an aromatic ring is 1. The van der Waals surface area contributed by atoms with Crippen LogP contribution in [0, 0.1) is 6.92 Å². The largest absolute Gasteiger partial charge is 0.481 e. The lowest BCUT2D eigenvalue weighted by atomic mass is 10.2. The predicted octanol–water partition coefficient (Wildman–Crippen LogP) is 0.859. The second kappa shape index (κ2) is 4.45. The molecule has 14 heavy (non-hydrogen) atoms. The normalized spacial score (nSPS) is 9.79. The molecular formula is C9H13N3O2. The Hall–Kier alpha value is -1.78. The van der Waals surface area contributed by atoms with Gasteiger partial charge in [-0.05, 0) is 18.6 Å². The molecule has 1 rings (SSSR count). The number of nitrogens with one attached hydrogen (secondary N) is 1. The summed E-state index contributed by atoms with van der Waals surface area (Å²) in [6.45, 7) is 2.20. The molecule has 76 valence electrons. The van der Waals surface area contributed by atoms with E-state index in [1.807, 2.05) is 6.92 Å². The fourth-order valence-electron chi connectivity index (χ4n) is 0.998. The summed E-state index contributed by atoms with van der Waals surface area (Å²) in [5.74, 6) is -0.296. The van der Waals surface area contributed by atoms with Crippen LogP contribution < -0.4 is 11.1 Å². The summed E-state index contributed by atoms with van der Waals surface area (Å²) in [7, 11) is 0. The number of nitrogens with two attached hydrogens (primary N) is 1. The van der Waals surface area contributed by atoms with Crippen LogP contribution in [0.1, 0.15) is 12.0 Å². The highest BCUT2D eigenvalue weighted by Gasteiger charge is 2.03. The number of aromatic nitrogens is 1. The molecule has 5 nitrogen and oxygen atoms in total. The lowest BCUT2D eigenvalue weighted by Gasteiger charge is -2.08. The minimum atomic E-state index is -0.844. The van der Waals surface area contributed by atoms with Crippen molar-refractivity contribution < 1.29 is 9.90 Å². The van der Waals surface area contributed by atoms with E-state index in [4.69, 9.17) is 10.8 Å². The van der Waals surface area contributed by atoms with Crippen LogP contribution >= 0.6 is 0 Å². The third-order valence-electron chi connectivity index (χ3n) is 1.84. The van der Waals surface area contributed by atoms with Gasteiger partial charge >= 0.3 is 5.97 Å². The van der Waals surface area contributed by atoms with Crippen molar-refractivity contribution in [3.63, 3.8) is 0 Å². The molecule has 0 amide bonds. The highest BCUT2D eigenvalue weighted by molar-refractivity contribution is 5.69. The van der Waals surface area contributed by atoms with Crippen molar-refractivity contribution in [3.05, 3.63) is 17.8 Å². The van der Waals surface area contributed by atoms with Gasteiger partial charge in [0, 0.05) is 12.7 Å². The Morgan fingerprint density at radius 2 is 2.43 bits per heavy atom. The molecule has 0 aromatic carbocycles. The molecule has 1 aromatic heterocycles. The molecule has 0 aliphatic rings. The van der Waals surface area contributed by atoms with Crippen molar-refractivity contribution in [2.24, 2.45) is 0 Å². The first-order chi connectivity index (χ1) is 6.61. The average Bonchev–Trinajstić information content (AvgIpc) is 2.12. The molecule has 0 saturated heterocycles. The molecule has 5 heteroatoms. The molecule has 0 atom stereocenters. The molecule has 1 aromatic rings. The van der Waals surface area contributed by atoms with Crippen molar-refractivity contribution in [1.82, 2.24) is 4.98 Å². The monoisotopic (exact) mass is 195 g/mol. The average molecular weight is 195 g/mol. The van der Waals surface area contributed by atoms with Gasteiger partial charge < -0.3 is 16.2 Å². The van der Waals surface area contributed by atoms with Crippen LogP contribution in [0.3, 0.4) is 0 Å². The Balaban J connectivity index is 2.59. The van der Waals surface area contributed by atoms with E-state index in [1.54, 1.807) is 12.3 Å². The molecule has 0 aliphatic carbocycles. The summed E-state index contributed by atoms with van der Waals surface area (Å²) in [5, 5.41) is 11.3. The van der Waals surface area contributed by atoms with Crippen LogP contribution in [0.5, 0.6) is 0 Å². The molecule has 1 heterocycles. The third kappa shape index (κ3) is 2.62. The topological polar surface area (TPSA) is 88.2 Å². The zero-order valence-electron chi connectivity index (χ0n) is 7.95. The van der Waals surface area contributed by atoms with Gasteiger partial charge in [0.15, 0.2) is 0 Å². The highest BCUT2D eigenvalue weighted by Crippen LogP contribution is 2.18. The number of anilines is 2. The third-order valence-corrected chi connectivity index (χ3v) is 1.84. The van der Waals surface area contributed by atoms with Crippen molar-refractivity contribution in [2.45, 2.75) is 13.3 Å². The van der Waals surface area contributed by atoms with E-state index in [9.17, 15) is 4.79 Å². The van der Waals surface area contributed by atoms with Crippen molar-refractivity contribution in [1.29, 1.82) is 0 Å². The lowest BCUT2D eigenvalue weighted by Crippen LogP contribution is -2.10. The van der Waals surface area contributed by atoms with Crippen LogP contribution in [0.15, 0.2) is 12.3 Å². The maximum absolute atomic E-state index is 10.2. The molecule has 0 aliphatic heterocycles. The molecule has 0 unspecified atom stereocenters. The summed E-state index contributed by atoms with van der Waals surface area (Å²) in [6.07, 6.45) is 1.68. The Bertz CT molecular complexity index is 339. The van der Waals surface area contributed by atoms with Gasteiger partial charge in [0.25, 0.3) is 0 Å². The standard InChI is InChI=1S/C9H13N3O2/c1-6-2-4-11-9(8(6)10)12-5-3-7(13)14/h2,4H,3,5,10H2,1H3,(H,11,12)(H,13,14). The summed E-state index contributed by atoms with van der Waals surface area (Å²) in [6, 6.07) is 1.80. The van der Waals surface area contributed by atoms with Gasteiger partial charge in [-0.25, -0.2) is 4.98 Å². The molecule has 0 radical (unpaired) electrons. The lowest BCUT2D eigenvalue weighted by molar-refractivity contribution is -0.136. The van der Waals surface area contributed by atoms with E-state index >= 15 is 0 Å². The number of rotatable bonds is 4. The van der Waals surface area contributed by atoms with Crippen LogP contribution in [0.2, 0.25) is 0 Å². The molecule has 0 spiro atoms. The van der Waals surface area contributed by atoms with Crippen LogP contribution in [0.4, 0.5) is 11.5 Å². The second-order valence-electron chi connectivity index (χ2n) is 2.96.